The van der Waals surface area contributed by atoms with Crippen LogP contribution in [-0.2, 0) is 6.54 Å². The summed E-state index contributed by atoms with van der Waals surface area (Å²) in [5.74, 6) is 0.434. The van der Waals surface area contributed by atoms with Crippen molar-refractivity contribution in [2.24, 2.45) is 0 Å². The number of nitrogens with one attached hydrogen (secondary N) is 1. The number of pyridine rings is 1. The molecule has 0 saturated heterocycles. The van der Waals surface area contributed by atoms with Crippen molar-refractivity contribution in [2.45, 2.75) is 13.5 Å². The van der Waals surface area contributed by atoms with E-state index in [0.717, 1.165) is 22.2 Å². The Labute approximate surface area is 122 Å². The molecule has 0 aliphatic carbocycles. The predicted octanol–water partition coefficient (Wildman–Crippen LogP) is 3.57. The third-order valence-electron chi connectivity index (χ3n) is 3.43. The molecule has 0 spiro atoms. The molecule has 2 aromatic carbocycles. The number of hydrogen-bond acceptors (Lipinski definition) is 4. The minimum Gasteiger partial charge on any atom is -0.507 e. The molecular formula is C17H16N2O2. The van der Waals surface area contributed by atoms with Gasteiger partial charge in [0.2, 0.25) is 0 Å². The Hall–Kier alpha value is -2.75. The van der Waals surface area contributed by atoms with Gasteiger partial charge in [-0.1, -0.05) is 24.3 Å². The van der Waals surface area contributed by atoms with E-state index in [4.69, 9.17) is 0 Å². The molecule has 0 aliphatic heterocycles. The van der Waals surface area contributed by atoms with Crippen LogP contribution in [0.25, 0.3) is 10.8 Å². The van der Waals surface area contributed by atoms with Crippen molar-refractivity contribution < 1.29 is 10.2 Å². The molecule has 4 nitrogen and oxygen atoms in total. The van der Waals surface area contributed by atoms with Crippen LogP contribution < -0.4 is 5.32 Å². The van der Waals surface area contributed by atoms with Crippen LogP contribution >= 0.6 is 0 Å². The Morgan fingerprint density at radius 3 is 2.52 bits per heavy atom. The summed E-state index contributed by atoms with van der Waals surface area (Å²) in [5, 5.41) is 24.7. The number of rotatable bonds is 3. The van der Waals surface area contributed by atoms with Crippen LogP contribution in [0.3, 0.4) is 0 Å². The largest absolute Gasteiger partial charge is 0.507 e. The predicted molar refractivity (Wildman–Crippen MR) is 83.6 cm³/mol. The zero-order valence-corrected chi connectivity index (χ0v) is 11.7. The Kier molecular flexibility index (Phi) is 3.36. The lowest BCUT2D eigenvalue weighted by Gasteiger charge is -2.11. The second-order valence-electron chi connectivity index (χ2n) is 4.95. The van der Waals surface area contributed by atoms with Gasteiger partial charge in [-0.3, -0.25) is 4.98 Å². The SMILES string of the molecule is Cc1ccc(O)c(CNc2cccc3c(O)cccc23)n1. The van der Waals surface area contributed by atoms with Gasteiger partial charge < -0.3 is 15.5 Å². The maximum Gasteiger partial charge on any atom is 0.138 e. The summed E-state index contributed by atoms with van der Waals surface area (Å²) in [6.45, 7) is 2.31. The highest BCUT2D eigenvalue weighted by Crippen LogP contribution is 2.30. The summed E-state index contributed by atoms with van der Waals surface area (Å²) >= 11 is 0. The summed E-state index contributed by atoms with van der Waals surface area (Å²) in [7, 11) is 0. The van der Waals surface area contributed by atoms with E-state index in [1.54, 1.807) is 18.2 Å². The lowest BCUT2D eigenvalue weighted by atomic mass is 10.1. The van der Waals surface area contributed by atoms with Gasteiger partial charge in [-0.05, 0) is 31.2 Å². The normalized spacial score (nSPS) is 10.7. The van der Waals surface area contributed by atoms with Crippen molar-refractivity contribution in [1.82, 2.24) is 4.98 Å². The first-order chi connectivity index (χ1) is 10.1. The molecule has 0 aliphatic rings. The maximum atomic E-state index is 9.88. The van der Waals surface area contributed by atoms with E-state index in [0.29, 0.717) is 12.2 Å². The lowest BCUT2D eigenvalue weighted by molar-refractivity contribution is 0.464. The molecule has 106 valence electrons. The molecule has 21 heavy (non-hydrogen) atoms. The summed E-state index contributed by atoms with van der Waals surface area (Å²) in [6.07, 6.45) is 0. The van der Waals surface area contributed by atoms with E-state index in [1.165, 1.54) is 0 Å². The average Bonchev–Trinajstić information content (AvgIpc) is 2.49. The summed E-state index contributed by atoms with van der Waals surface area (Å²) in [6, 6.07) is 14.5. The van der Waals surface area contributed by atoms with Gasteiger partial charge in [-0.2, -0.15) is 0 Å². The minimum atomic E-state index is 0.177. The van der Waals surface area contributed by atoms with Crippen molar-refractivity contribution in [1.29, 1.82) is 0 Å². The van der Waals surface area contributed by atoms with Gasteiger partial charge >= 0.3 is 0 Å². The summed E-state index contributed by atoms with van der Waals surface area (Å²) in [4.78, 5) is 4.32. The van der Waals surface area contributed by atoms with E-state index >= 15 is 0 Å². The molecule has 1 aromatic heterocycles. The fourth-order valence-electron chi connectivity index (χ4n) is 2.36. The highest BCUT2D eigenvalue weighted by atomic mass is 16.3. The van der Waals surface area contributed by atoms with Crippen molar-refractivity contribution in [3.63, 3.8) is 0 Å². The van der Waals surface area contributed by atoms with Gasteiger partial charge in [-0.15, -0.1) is 0 Å². The van der Waals surface area contributed by atoms with Gasteiger partial charge in [0.1, 0.15) is 17.2 Å². The Bertz CT molecular complexity index is 800. The van der Waals surface area contributed by atoms with Gasteiger partial charge in [-0.25, -0.2) is 0 Å². The number of phenols is 1. The molecule has 0 radical (unpaired) electrons. The summed E-state index contributed by atoms with van der Waals surface area (Å²) in [5.41, 5.74) is 2.36. The van der Waals surface area contributed by atoms with E-state index < -0.39 is 0 Å². The number of benzene rings is 2. The number of anilines is 1. The molecule has 4 heteroatoms. The van der Waals surface area contributed by atoms with Gasteiger partial charge in [0.05, 0.1) is 6.54 Å². The fourth-order valence-corrected chi connectivity index (χ4v) is 2.36. The van der Waals surface area contributed by atoms with Crippen LogP contribution in [0.1, 0.15) is 11.4 Å². The van der Waals surface area contributed by atoms with Crippen molar-refractivity contribution in [3.05, 3.63) is 59.9 Å². The van der Waals surface area contributed by atoms with E-state index in [1.807, 2.05) is 37.3 Å². The fraction of sp³-hybridized carbons (Fsp3) is 0.118. The molecule has 3 aromatic rings. The van der Waals surface area contributed by atoms with E-state index in [2.05, 4.69) is 10.3 Å². The molecule has 0 fully saturated rings. The van der Waals surface area contributed by atoms with Gasteiger partial charge in [0.15, 0.2) is 0 Å². The molecule has 0 atom stereocenters. The smallest absolute Gasteiger partial charge is 0.138 e. The second-order valence-corrected chi connectivity index (χ2v) is 4.95. The zero-order chi connectivity index (χ0) is 14.8. The maximum absolute atomic E-state index is 9.88. The number of aromatic nitrogens is 1. The van der Waals surface area contributed by atoms with Crippen molar-refractivity contribution in [3.8, 4) is 11.5 Å². The van der Waals surface area contributed by atoms with E-state index in [-0.39, 0.29) is 11.5 Å². The lowest BCUT2D eigenvalue weighted by Crippen LogP contribution is -2.03. The Morgan fingerprint density at radius 2 is 1.67 bits per heavy atom. The first-order valence-corrected chi connectivity index (χ1v) is 6.75. The Morgan fingerprint density at radius 1 is 0.905 bits per heavy atom. The van der Waals surface area contributed by atoms with Gasteiger partial charge in [0.25, 0.3) is 0 Å². The molecule has 3 rings (SSSR count). The highest BCUT2D eigenvalue weighted by molar-refractivity contribution is 5.97. The quantitative estimate of drug-likeness (QED) is 0.686. The minimum absolute atomic E-state index is 0.177. The number of hydrogen-bond donors (Lipinski definition) is 3. The first-order valence-electron chi connectivity index (χ1n) is 6.75. The monoisotopic (exact) mass is 280 g/mol. The van der Waals surface area contributed by atoms with Crippen LogP contribution in [-0.4, -0.2) is 15.2 Å². The van der Waals surface area contributed by atoms with Crippen LogP contribution in [0.2, 0.25) is 0 Å². The van der Waals surface area contributed by atoms with Crippen LogP contribution in [0.15, 0.2) is 48.5 Å². The third kappa shape index (κ3) is 2.60. The molecule has 0 amide bonds. The molecule has 1 heterocycles. The zero-order valence-electron chi connectivity index (χ0n) is 11.7. The topological polar surface area (TPSA) is 65.4 Å². The standard InChI is InChI=1S/C17H16N2O2/c1-11-8-9-17(21)15(19-11)10-18-14-6-2-5-13-12(14)4-3-7-16(13)20/h2-9,18,20-21H,10H2,1H3. The molecular weight excluding hydrogens is 264 g/mol. The summed E-state index contributed by atoms with van der Waals surface area (Å²) < 4.78 is 0. The molecule has 3 N–H and O–H groups in total. The number of aryl methyl sites for hydroxylation is 1. The van der Waals surface area contributed by atoms with Crippen LogP contribution in [0, 0.1) is 6.92 Å². The van der Waals surface area contributed by atoms with Crippen LogP contribution in [0.4, 0.5) is 5.69 Å². The highest BCUT2D eigenvalue weighted by Gasteiger charge is 2.06. The molecule has 0 saturated carbocycles. The van der Waals surface area contributed by atoms with Crippen molar-refractivity contribution in [2.75, 3.05) is 5.32 Å². The molecule has 0 unspecified atom stereocenters. The number of fused-ring (bicyclic) bond motifs is 1. The number of nitrogens with zero attached hydrogens (tertiary/aromatic N) is 1. The molecule has 0 bridgehead atoms. The van der Waals surface area contributed by atoms with Gasteiger partial charge in [0, 0.05) is 22.2 Å². The second kappa shape index (κ2) is 5.32. The van der Waals surface area contributed by atoms with Crippen molar-refractivity contribution >= 4 is 16.5 Å². The van der Waals surface area contributed by atoms with E-state index in [9.17, 15) is 10.2 Å². The average molecular weight is 280 g/mol. The van der Waals surface area contributed by atoms with Crippen LogP contribution in [0.5, 0.6) is 11.5 Å². The Balaban J connectivity index is 1.92. The number of aromatic hydroxyl groups is 2. The number of phenolic OH excluding ortho intramolecular Hbond substituents is 1. The third-order valence-corrected chi connectivity index (χ3v) is 3.43. The first kappa shape index (κ1) is 13.2.